The van der Waals surface area contributed by atoms with Gasteiger partial charge in [-0.3, -0.25) is 4.79 Å². The van der Waals surface area contributed by atoms with Gasteiger partial charge in [-0.1, -0.05) is 37.3 Å². The monoisotopic (exact) mass is 375 g/mol. The fourth-order valence-electron chi connectivity index (χ4n) is 2.01. The van der Waals surface area contributed by atoms with Crippen molar-refractivity contribution in [3.05, 3.63) is 52.0 Å². The third kappa shape index (κ3) is 5.77. The molecular weight excluding hydrogens is 353 g/mol. The van der Waals surface area contributed by atoms with Crippen molar-refractivity contribution in [2.24, 2.45) is 5.73 Å². The van der Waals surface area contributed by atoms with Crippen LogP contribution < -0.4 is 11.1 Å². The Balaban J connectivity index is 0.00000242. The molecule has 0 radical (unpaired) electrons. The van der Waals surface area contributed by atoms with E-state index in [2.05, 4.69) is 17.2 Å². The summed E-state index contributed by atoms with van der Waals surface area (Å²) in [6.07, 6.45) is 3.64. The molecule has 7 heteroatoms. The van der Waals surface area contributed by atoms with E-state index in [0.717, 1.165) is 23.4 Å². The maximum absolute atomic E-state index is 12.3. The van der Waals surface area contributed by atoms with Crippen LogP contribution in [-0.4, -0.2) is 17.4 Å². The van der Waals surface area contributed by atoms with Crippen LogP contribution in [0.25, 0.3) is 0 Å². The smallest absolute Gasteiger partial charge is 0.244 e. The van der Waals surface area contributed by atoms with E-state index in [1.807, 2.05) is 36.5 Å². The fraction of sp³-hybridized carbons (Fsp3) is 0.375. The molecule has 1 unspecified atom stereocenters. The highest BCUT2D eigenvalue weighted by Crippen LogP contribution is 2.17. The first-order chi connectivity index (χ1) is 10.0. The van der Waals surface area contributed by atoms with Gasteiger partial charge in [0.25, 0.3) is 0 Å². The summed E-state index contributed by atoms with van der Waals surface area (Å²) in [5, 5.41) is 3.95. The Morgan fingerprint density at radius 2 is 1.96 bits per heavy atom. The van der Waals surface area contributed by atoms with Gasteiger partial charge in [0.1, 0.15) is 5.54 Å². The molecule has 4 nitrogen and oxygen atoms in total. The van der Waals surface area contributed by atoms with Gasteiger partial charge in [-0.25, -0.2) is 4.98 Å². The van der Waals surface area contributed by atoms with Crippen molar-refractivity contribution in [1.29, 1.82) is 0 Å². The zero-order chi connectivity index (χ0) is 15.3. The number of amides is 1. The van der Waals surface area contributed by atoms with E-state index in [1.54, 1.807) is 18.3 Å². The van der Waals surface area contributed by atoms with Crippen LogP contribution in [0.3, 0.4) is 0 Å². The van der Waals surface area contributed by atoms with Crippen molar-refractivity contribution in [3.63, 3.8) is 0 Å². The zero-order valence-electron chi connectivity index (χ0n) is 13.2. The van der Waals surface area contributed by atoms with Crippen LogP contribution in [0.5, 0.6) is 0 Å². The van der Waals surface area contributed by atoms with E-state index in [-0.39, 0.29) is 30.7 Å². The van der Waals surface area contributed by atoms with Gasteiger partial charge in [0.15, 0.2) is 0 Å². The fourth-order valence-corrected chi connectivity index (χ4v) is 2.87. The van der Waals surface area contributed by atoms with Crippen LogP contribution in [0.2, 0.25) is 0 Å². The van der Waals surface area contributed by atoms with E-state index < -0.39 is 5.54 Å². The van der Waals surface area contributed by atoms with Gasteiger partial charge < -0.3 is 11.1 Å². The van der Waals surface area contributed by atoms with Crippen LogP contribution in [-0.2, 0) is 23.2 Å². The highest BCUT2D eigenvalue weighted by atomic mass is 35.5. The largest absolute Gasteiger partial charge is 0.354 e. The molecule has 0 aliphatic heterocycles. The Morgan fingerprint density at radius 1 is 1.30 bits per heavy atom. The maximum atomic E-state index is 12.3. The second-order valence-corrected chi connectivity index (χ2v) is 6.35. The normalized spacial score (nSPS) is 12.5. The summed E-state index contributed by atoms with van der Waals surface area (Å²) in [4.78, 5) is 17.9. The number of thiazole rings is 1. The van der Waals surface area contributed by atoms with Crippen molar-refractivity contribution in [3.8, 4) is 0 Å². The summed E-state index contributed by atoms with van der Waals surface area (Å²) in [5.41, 5.74) is 5.96. The summed E-state index contributed by atoms with van der Waals surface area (Å²) in [5.74, 6) is -0.166. The number of nitrogens with two attached hydrogens (primary N) is 1. The minimum Gasteiger partial charge on any atom is -0.354 e. The standard InChI is InChI=1S/C16H21N3OS.2ClH/c1-3-13-11-19-14(21-13)9-10-18-15(20)16(2,17)12-7-5-4-6-8-12;;/h4-8,11H,3,9-10,17H2,1-2H3,(H,18,20);2*1H. The first-order valence-electron chi connectivity index (χ1n) is 7.10. The topological polar surface area (TPSA) is 68.0 Å². The molecule has 1 aromatic carbocycles. The molecule has 3 N–H and O–H groups in total. The van der Waals surface area contributed by atoms with E-state index in [9.17, 15) is 4.79 Å². The van der Waals surface area contributed by atoms with E-state index in [4.69, 9.17) is 5.73 Å². The molecule has 2 rings (SSSR count). The molecule has 0 aliphatic carbocycles. The van der Waals surface area contributed by atoms with Gasteiger partial charge in [-0.15, -0.1) is 36.2 Å². The molecule has 1 atom stereocenters. The molecule has 23 heavy (non-hydrogen) atoms. The van der Waals surface area contributed by atoms with Gasteiger partial charge in [0.05, 0.1) is 5.01 Å². The zero-order valence-corrected chi connectivity index (χ0v) is 15.7. The number of nitrogens with zero attached hydrogens (tertiary/aromatic N) is 1. The average Bonchev–Trinajstić information content (AvgIpc) is 2.96. The quantitative estimate of drug-likeness (QED) is 0.814. The molecule has 0 saturated carbocycles. The predicted octanol–water partition coefficient (Wildman–Crippen LogP) is 3.08. The molecule has 0 spiro atoms. The summed E-state index contributed by atoms with van der Waals surface area (Å²) < 4.78 is 0. The minimum absolute atomic E-state index is 0. The molecule has 2 aromatic rings. The molecule has 1 heterocycles. The Morgan fingerprint density at radius 3 is 2.52 bits per heavy atom. The van der Waals surface area contributed by atoms with Crippen molar-refractivity contribution in [1.82, 2.24) is 10.3 Å². The number of carbonyl (C=O) groups is 1. The van der Waals surface area contributed by atoms with Crippen molar-refractivity contribution >= 4 is 42.1 Å². The number of aromatic nitrogens is 1. The van der Waals surface area contributed by atoms with E-state index in [1.165, 1.54) is 4.88 Å². The van der Waals surface area contributed by atoms with Crippen LogP contribution in [0.15, 0.2) is 36.5 Å². The number of rotatable bonds is 6. The van der Waals surface area contributed by atoms with Gasteiger partial charge in [-0.05, 0) is 18.9 Å². The third-order valence-corrected chi connectivity index (χ3v) is 4.62. The molecule has 0 aliphatic rings. The lowest BCUT2D eigenvalue weighted by atomic mass is 9.92. The first-order valence-corrected chi connectivity index (χ1v) is 7.92. The molecule has 0 fully saturated rings. The number of carbonyl (C=O) groups excluding carboxylic acids is 1. The number of halogens is 2. The second kappa shape index (κ2) is 9.88. The van der Waals surface area contributed by atoms with Crippen LogP contribution in [0, 0.1) is 0 Å². The van der Waals surface area contributed by atoms with Gasteiger partial charge in [0.2, 0.25) is 5.91 Å². The Labute approximate surface area is 153 Å². The first kappa shape index (κ1) is 21.9. The van der Waals surface area contributed by atoms with Gasteiger partial charge in [0, 0.05) is 24.0 Å². The summed E-state index contributed by atoms with van der Waals surface area (Å²) in [6.45, 7) is 4.39. The number of hydrogen-bond acceptors (Lipinski definition) is 4. The lowest BCUT2D eigenvalue weighted by Crippen LogP contribution is -2.49. The molecule has 0 saturated heterocycles. The van der Waals surface area contributed by atoms with Crippen LogP contribution >= 0.6 is 36.2 Å². The predicted molar refractivity (Wildman–Crippen MR) is 101 cm³/mol. The second-order valence-electron chi connectivity index (χ2n) is 5.15. The lowest BCUT2D eigenvalue weighted by molar-refractivity contribution is -0.126. The summed E-state index contributed by atoms with van der Waals surface area (Å²) in [7, 11) is 0. The number of hydrogen-bond donors (Lipinski definition) is 2. The number of benzene rings is 1. The van der Waals surface area contributed by atoms with Crippen molar-refractivity contribution in [2.75, 3.05) is 6.54 Å². The van der Waals surface area contributed by atoms with E-state index >= 15 is 0 Å². The molecular formula is C16H23Cl2N3OS. The van der Waals surface area contributed by atoms with Crippen molar-refractivity contribution in [2.45, 2.75) is 32.2 Å². The summed E-state index contributed by atoms with van der Waals surface area (Å²) in [6, 6.07) is 9.41. The van der Waals surface area contributed by atoms with E-state index in [0.29, 0.717) is 6.54 Å². The number of nitrogens with one attached hydrogen (secondary N) is 1. The SMILES string of the molecule is CCc1cnc(CCNC(=O)C(C)(N)c2ccccc2)s1.Cl.Cl. The number of aryl methyl sites for hydroxylation is 1. The maximum Gasteiger partial charge on any atom is 0.244 e. The molecule has 1 amide bonds. The summed E-state index contributed by atoms with van der Waals surface area (Å²) >= 11 is 1.69. The highest BCUT2D eigenvalue weighted by Gasteiger charge is 2.29. The molecule has 1 aromatic heterocycles. The van der Waals surface area contributed by atoms with Crippen LogP contribution in [0.1, 0.15) is 29.3 Å². The average molecular weight is 376 g/mol. The Kier molecular flexibility index (Phi) is 9.39. The Bertz CT molecular complexity index is 602. The van der Waals surface area contributed by atoms with Crippen molar-refractivity contribution < 1.29 is 4.79 Å². The third-order valence-electron chi connectivity index (χ3n) is 3.42. The van der Waals surface area contributed by atoms with Gasteiger partial charge in [-0.2, -0.15) is 0 Å². The van der Waals surface area contributed by atoms with Gasteiger partial charge >= 0.3 is 0 Å². The van der Waals surface area contributed by atoms with Crippen LogP contribution in [0.4, 0.5) is 0 Å². The lowest BCUT2D eigenvalue weighted by Gasteiger charge is -2.24. The Hall–Kier alpha value is -1.14. The molecule has 128 valence electrons. The minimum atomic E-state index is -1.02. The highest BCUT2D eigenvalue weighted by molar-refractivity contribution is 7.11. The molecule has 0 bridgehead atoms.